The van der Waals surface area contributed by atoms with Crippen LogP contribution >= 0.6 is 0 Å². The number of hydrogen-bond donors (Lipinski definition) is 1. The Hall–Kier alpha value is -2.70. The van der Waals surface area contributed by atoms with E-state index in [2.05, 4.69) is 10.1 Å². The third-order valence-electron chi connectivity index (χ3n) is 2.38. The van der Waals surface area contributed by atoms with Crippen LogP contribution in [0.2, 0.25) is 0 Å². The fraction of sp³-hybridized carbons (Fsp3) is 0.167. The van der Waals surface area contributed by atoms with Crippen LogP contribution in [0.3, 0.4) is 0 Å². The first-order valence-electron chi connectivity index (χ1n) is 5.61. The Morgan fingerprint density at radius 2 is 2.26 bits per heavy atom. The maximum absolute atomic E-state index is 12.2. The molecule has 1 amide bonds. The molecular weight excluding hydrogens is 248 g/mol. The zero-order chi connectivity index (χ0) is 13.8. The van der Waals surface area contributed by atoms with Gasteiger partial charge in [-0.15, -0.1) is 5.10 Å². The minimum atomic E-state index is -0.837. The summed E-state index contributed by atoms with van der Waals surface area (Å²) in [4.78, 5) is 27.6. The summed E-state index contributed by atoms with van der Waals surface area (Å²) in [6.45, 7) is 2.16. The molecule has 0 aliphatic heterocycles. The third kappa shape index (κ3) is 2.44. The van der Waals surface area contributed by atoms with E-state index in [0.717, 1.165) is 11.1 Å². The number of amides is 1. The van der Waals surface area contributed by atoms with Crippen LogP contribution < -0.4 is 11.3 Å². The van der Waals surface area contributed by atoms with Crippen LogP contribution in [0.25, 0.3) is 10.9 Å². The second-order valence-electron chi connectivity index (χ2n) is 3.61. The van der Waals surface area contributed by atoms with Crippen molar-refractivity contribution in [1.29, 1.82) is 0 Å². The Bertz CT molecular complexity index is 706. The molecule has 0 unspecified atom stereocenters. The Morgan fingerprint density at radius 1 is 1.53 bits per heavy atom. The number of aromatic nitrogens is 2. The number of ether oxygens (including phenoxy) is 1. The molecule has 19 heavy (non-hydrogen) atoms. The number of primary amides is 1. The molecule has 1 aromatic heterocycles. The predicted octanol–water partition coefficient (Wildman–Crippen LogP) is 0.323. The largest absolute Gasteiger partial charge is 0.482 e. The fourth-order valence-corrected chi connectivity index (χ4v) is 1.55. The van der Waals surface area contributed by atoms with Crippen molar-refractivity contribution >= 4 is 23.2 Å². The van der Waals surface area contributed by atoms with Crippen LogP contribution in [0, 0.1) is 0 Å². The summed E-state index contributed by atoms with van der Waals surface area (Å²) in [6.07, 6.45) is 1.07. The van der Waals surface area contributed by atoms with Gasteiger partial charge in [-0.05, 0) is 19.1 Å². The van der Waals surface area contributed by atoms with Crippen LogP contribution in [0.5, 0.6) is 0 Å². The van der Waals surface area contributed by atoms with Crippen LogP contribution in [0.1, 0.15) is 17.5 Å². The molecule has 2 rings (SSSR count). The van der Waals surface area contributed by atoms with Crippen LogP contribution in [-0.4, -0.2) is 28.6 Å². The number of benzene rings is 1. The molecule has 0 spiro atoms. The smallest absolute Gasteiger partial charge is 0.286 e. The van der Waals surface area contributed by atoms with E-state index in [9.17, 15) is 9.59 Å². The molecule has 2 N–H and O–H groups in total. The highest BCUT2D eigenvalue weighted by atomic mass is 16.5. The number of fused-ring (bicyclic) bond motifs is 1. The van der Waals surface area contributed by atoms with E-state index < -0.39 is 11.5 Å². The van der Waals surface area contributed by atoms with Crippen molar-refractivity contribution < 1.29 is 9.53 Å². The summed E-state index contributed by atoms with van der Waals surface area (Å²) in [6, 6.07) is 6.64. The Morgan fingerprint density at radius 3 is 2.95 bits per heavy atom. The van der Waals surface area contributed by atoms with Crippen molar-refractivity contribution in [1.82, 2.24) is 9.66 Å². The number of nitrogens with zero attached hydrogens (tertiary/aromatic N) is 3. The number of rotatable bonds is 4. The zero-order valence-electron chi connectivity index (χ0n) is 10.2. The first-order valence-corrected chi connectivity index (χ1v) is 5.61. The van der Waals surface area contributed by atoms with Crippen LogP contribution in [0.4, 0.5) is 0 Å². The van der Waals surface area contributed by atoms with Crippen molar-refractivity contribution in [3.8, 4) is 0 Å². The Kier molecular flexibility index (Phi) is 3.56. The number of nitrogens with two attached hydrogens (primary N) is 1. The van der Waals surface area contributed by atoms with Gasteiger partial charge in [0.05, 0.1) is 17.5 Å². The van der Waals surface area contributed by atoms with E-state index in [-0.39, 0.29) is 5.82 Å². The highest BCUT2D eigenvalue weighted by Gasteiger charge is 2.14. The topological polar surface area (TPSA) is 99.6 Å². The first-order chi connectivity index (χ1) is 9.15. The lowest BCUT2D eigenvalue weighted by Gasteiger charge is -2.05. The van der Waals surface area contributed by atoms with Gasteiger partial charge < -0.3 is 10.5 Å². The molecule has 0 saturated carbocycles. The molecule has 0 aliphatic rings. The number of carbonyl (C=O) groups is 1. The SMILES string of the molecule is CCOC=Nn1c(C(N)=O)nc2ccccc2c1=O. The standard InChI is InChI=1S/C12H12N4O3/c1-2-19-7-14-16-11(10(13)17)15-9-6-4-3-5-8(9)12(16)18/h3-7H,2H2,1H3,(H2,13,17). The molecule has 0 saturated heterocycles. The zero-order valence-corrected chi connectivity index (χ0v) is 10.2. The van der Waals surface area contributed by atoms with Gasteiger partial charge in [0.25, 0.3) is 11.5 Å². The molecule has 7 nitrogen and oxygen atoms in total. The molecule has 7 heteroatoms. The molecule has 0 atom stereocenters. The maximum Gasteiger partial charge on any atom is 0.286 e. The quantitative estimate of drug-likeness (QED) is 0.632. The van der Waals surface area contributed by atoms with E-state index in [1.807, 2.05) is 0 Å². The first kappa shape index (κ1) is 12.7. The molecule has 2 aromatic rings. The summed E-state index contributed by atoms with van der Waals surface area (Å²) < 4.78 is 5.74. The van der Waals surface area contributed by atoms with Crippen LogP contribution in [-0.2, 0) is 4.74 Å². The minimum Gasteiger partial charge on any atom is -0.482 e. The highest BCUT2D eigenvalue weighted by molar-refractivity contribution is 5.91. The summed E-state index contributed by atoms with van der Waals surface area (Å²) in [5.74, 6) is -1.07. The summed E-state index contributed by atoms with van der Waals surface area (Å²) in [5, 5.41) is 4.11. The summed E-state index contributed by atoms with van der Waals surface area (Å²) in [7, 11) is 0. The normalized spacial score (nSPS) is 11.0. The van der Waals surface area contributed by atoms with Gasteiger partial charge >= 0.3 is 0 Å². The molecule has 1 heterocycles. The van der Waals surface area contributed by atoms with E-state index >= 15 is 0 Å². The summed E-state index contributed by atoms with van der Waals surface area (Å²) >= 11 is 0. The third-order valence-corrected chi connectivity index (χ3v) is 2.38. The van der Waals surface area contributed by atoms with E-state index in [4.69, 9.17) is 10.5 Å². The van der Waals surface area contributed by atoms with Crippen molar-refractivity contribution in [2.24, 2.45) is 10.8 Å². The van der Waals surface area contributed by atoms with Gasteiger partial charge in [-0.2, -0.15) is 4.68 Å². The molecule has 0 radical (unpaired) electrons. The Balaban J connectivity index is 2.71. The van der Waals surface area contributed by atoms with Crippen molar-refractivity contribution in [2.75, 3.05) is 6.61 Å². The lowest BCUT2D eigenvalue weighted by atomic mass is 10.2. The van der Waals surface area contributed by atoms with Gasteiger partial charge in [-0.1, -0.05) is 12.1 Å². The lowest BCUT2D eigenvalue weighted by molar-refractivity contribution is 0.0986. The second-order valence-corrected chi connectivity index (χ2v) is 3.61. The van der Waals surface area contributed by atoms with E-state index in [0.29, 0.717) is 17.5 Å². The van der Waals surface area contributed by atoms with E-state index in [1.165, 1.54) is 0 Å². The molecule has 0 bridgehead atoms. The van der Waals surface area contributed by atoms with Gasteiger partial charge in [0.2, 0.25) is 5.82 Å². The van der Waals surface area contributed by atoms with Gasteiger partial charge in [0.1, 0.15) is 0 Å². The van der Waals surface area contributed by atoms with Gasteiger partial charge in [-0.3, -0.25) is 9.59 Å². The molecule has 98 valence electrons. The molecule has 1 aromatic carbocycles. The van der Waals surface area contributed by atoms with Crippen molar-refractivity contribution in [2.45, 2.75) is 6.92 Å². The van der Waals surface area contributed by atoms with Gasteiger partial charge in [-0.25, -0.2) is 4.98 Å². The maximum atomic E-state index is 12.2. The van der Waals surface area contributed by atoms with Gasteiger partial charge in [0, 0.05) is 0 Å². The summed E-state index contributed by atoms with van der Waals surface area (Å²) in [5.41, 5.74) is 5.12. The molecule has 0 fully saturated rings. The molecular formula is C12H12N4O3. The fourth-order valence-electron chi connectivity index (χ4n) is 1.55. The van der Waals surface area contributed by atoms with Crippen molar-refractivity contribution in [3.63, 3.8) is 0 Å². The van der Waals surface area contributed by atoms with Gasteiger partial charge in [0.15, 0.2) is 6.40 Å². The Labute approximate surface area is 108 Å². The minimum absolute atomic E-state index is 0.236. The van der Waals surface area contributed by atoms with Crippen molar-refractivity contribution in [3.05, 3.63) is 40.4 Å². The monoisotopic (exact) mass is 260 g/mol. The number of para-hydroxylation sites is 1. The lowest BCUT2D eigenvalue weighted by Crippen LogP contribution is -2.28. The average Bonchev–Trinajstić information content (AvgIpc) is 2.41. The molecule has 0 aliphatic carbocycles. The van der Waals surface area contributed by atoms with E-state index in [1.54, 1.807) is 31.2 Å². The number of carbonyl (C=O) groups excluding carboxylic acids is 1. The average molecular weight is 260 g/mol. The predicted molar refractivity (Wildman–Crippen MR) is 70.0 cm³/mol. The highest BCUT2D eigenvalue weighted by Crippen LogP contribution is 2.07. The second kappa shape index (κ2) is 5.30. The number of hydrogen-bond acceptors (Lipinski definition) is 5. The van der Waals surface area contributed by atoms with Crippen LogP contribution in [0.15, 0.2) is 34.2 Å².